The van der Waals surface area contributed by atoms with Crippen LogP contribution in [0.25, 0.3) is 0 Å². The van der Waals surface area contributed by atoms with E-state index in [1.807, 2.05) is 0 Å². The first-order chi connectivity index (χ1) is 7.60. The Morgan fingerprint density at radius 2 is 2.06 bits per heavy atom. The summed E-state index contributed by atoms with van der Waals surface area (Å²) in [6, 6.07) is 4.95. The predicted molar refractivity (Wildman–Crippen MR) is 56.8 cm³/mol. The Morgan fingerprint density at radius 3 is 2.56 bits per heavy atom. The van der Waals surface area contributed by atoms with E-state index in [0.717, 1.165) is 0 Å². The number of aliphatic carboxylic acids is 1. The van der Waals surface area contributed by atoms with Gasteiger partial charge in [0.25, 0.3) is 0 Å². The Labute approximate surface area is 93.2 Å². The molecule has 0 aliphatic carbocycles. The molecule has 0 aliphatic heterocycles. The van der Waals surface area contributed by atoms with Gasteiger partial charge in [0.2, 0.25) is 0 Å². The van der Waals surface area contributed by atoms with Crippen LogP contribution in [-0.2, 0) is 4.79 Å². The number of carboxylic acid groups (broad SMARTS) is 1. The number of aliphatic hydroxyl groups is 1. The van der Waals surface area contributed by atoms with Gasteiger partial charge in [-0.15, -0.1) is 0 Å². The first-order valence-corrected chi connectivity index (χ1v) is 4.71. The Morgan fingerprint density at radius 1 is 1.38 bits per heavy atom. The van der Waals surface area contributed by atoms with Gasteiger partial charge in [0.15, 0.2) is 11.5 Å². The number of rotatable bonds is 5. The number of benzene rings is 1. The molecule has 0 aromatic heterocycles. The molecule has 0 aliphatic rings. The molecule has 1 rings (SSSR count). The summed E-state index contributed by atoms with van der Waals surface area (Å²) in [7, 11) is 2.92. The lowest BCUT2D eigenvalue weighted by atomic mass is 10.0. The van der Waals surface area contributed by atoms with Crippen molar-refractivity contribution >= 4 is 5.97 Å². The van der Waals surface area contributed by atoms with Gasteiger partial charge in [-0.25, -0.2) is 0 Å². The van der Waals surface area contributed by atoms with Gasteiger partial charge in [-0.3, -0.25) is 4.79 Å². The molecule has 2 N–H and O–H groups in total. The van der Waals surface area contributed by atoms with Crippen LogP contribution in [0.2, 0.25) is 0 Å². The Hall–Kier alpha value is -1.75. The van der Waals surface area contributed by atoms with E-state index in [0.29, 0.717) is 17.1 Å². The van der Waals surface area contributed by atoms with Crippen LogP contribution in [0.15, 0.2) is 18.2 Å². The van der Waals surface area contributed by atoms with Gasteiger partial charge in [0.1, 0.15) is 0 Å². The van der Waals surface area contributed by atoms with Crippen LogP contribution < -0.4 is 9.47 Å². The molecule has 0 saturated heterocycles. The average molecular weight is 226 g/mol. The number of methoxy groups -OCH3 is 2. The van der Waals surface area contributed by atoms with Crippen LogP contribution in [-0.4, -0.2) is 30.4 Å². The van der Waals surface area contributed by atoms with E-state index in [9.17, 15) is 9.90 Å². The zero-order chi connectivity index (χ0) is 12.1. The molecule has 0 radical (unpaired) electrons. The van der Waals surface area contributed by atoms with E-state index in [4.69, 9.17) is 14.6 Å². The molecule has 0 amide bonds. The molecule has 88 valence electrons. The second kappa shape index (κ2) is 5.37. The summed E-state index contributed by atoms with van der Waals surface area (Å²) in [5, 5.41) is 18.3. The minimum absolute atomic E-state index is 0.360. The Kier molecular flexibility index (Phi) is 4.13. The van der Waals surface area contributed by atoms with E-state index in [1.54, 1.807) is 18.2 Å². The van der Waals surface area contributed by atoms with Crippen molar-refractivity contribution in [3.05, 3.63) is 23.8 Å². The number of hydrogen-bond acceptors (Lipinski definition) is 4. The second-order valence-electron chi connectivity index (χ2n) is 3.20. The van der Waals surface area contributed by atoms with Gasteiger partial charge < -0.3 is 19.7 Å². The van der Waals surface area contributed by atoms with E-state index >= 15 is 0 Å². The SMILES string of the molecule is COc1cccc([C@@H](O)CC(=O)O)c1OC. The summed E-state index contributed by atoms with van der Waals surface area (Å²) in [6.45, 7) is 0. The highest BCUT2D eigenvalue weighted by Crippen LogP contribution is 2.35. The molecule has 1 aromatic rings. The van der Waals surface area contributed by atoms with Crippen molar-refractivity contribution in [1.82, 2.24) is 0 Å². The number of aliphatic hydroxyl groups excluding tert-OH is 1. The molecule has 16 heavy (non-hydrogen) atoms. The lowest BCUT2D eigenvalue weighted by molar-refractivity contribution is -0.139. The maximum Gasteiger partial charge on any atom is 0.306 e. The van der Waals surface area contributed by atoms with Crippen LogP contribution in [0, 0.1) is 0 Å². The molecule has 1 atom stereocenters. The molecule has 5 nitrogen and oxygen atoms in total. The number of carbonyl (C=O) groups is 1. The second-order valence-corrected chi connectivity index (χ2v) is 3.20. The predicted octanol–water partition coefficient (Wildman–Crippen LogP) is 1.21. The minimum atomic E-state index is -1.11. The molecule has 0 saturated carbocycles. The summed E-state index contributed by atoms with van der Waals surface area (Å²) >= 11 is 0. The van der Waals surface area contributed by atoms with Crippen LogP contribution in [0.5, 0.6) is 11.5 Å². The lowest BCUT2D eigenvalue weighted by Gasteiger charge is -2.15. The van der Waals surface area contributed by atoms with Gasteiger partial charge in [0.05, 0.1) is 26.7 Å². The van der Waals surface area contributed by atoms with Gasteiger partial charge >= 0.3 is 5.97 Å². The van der Waals surface area contributed by atoms with Gasteiger partial charge in [0, 0.05) is 5.56 Å². The third-order valence-electron chi connectivity index (χ3n) is 2.16. The molecule has 0 fully saturated rings. The van der Waals surface area contributed by atoms with Crippen LogP contribution in [0.4, 0.5) is 0 Å². The maximum absolute atomic E-state index is 10.5. The smallest absolute Gasteiger partial charge is 0.306 e. The molecular formula is C11H14O5. The van der Waals surface area contributed by atoms with Crippen LogP contribution in [0.3, 0.4) is 0 Å². The maximum atomic E-state index is 10.5. The fourth-order valence-corrected chi connectivity index (χ4v) is 1.45. The Balaban J connectivity index is 3.07. The average Bonchev–Trinajstić information content (AvgIpc) is 2.26. The fourth-order valence-electron chi connectivity index (χ4n) is 1.45. The normalized spacial score (nSPS) is 11.9. The fraction of sp³-hybridized carbons (Fsp3) is 0.364. The standard InChI is InChI=1S/C11H14O5/c1-15-9-5-3-4-7(11(9)16-2)8(12)6-10(13)14/h3-5,8,12H,6H2,1-2H3,(H,13,14)/t8-/m0/s1. The monoisotopic (exact) mass is 226 g/mol. The highest BCUT2D eigenvalue weighted by atomic mass is 16.5. The summed E-state index contributed by atoms with van der Waals surface area (Å²) in [5.74, 6) is -0.249. The molecule has 5 heteroatoms. The van der Waals surface area contributed by atoms with E-state index < -0.39 is 12.1 Å². The van der Waals surface area contributed by atoms with Gasteiger partial charge in [-0.05, 0) is 6.07 Å². The van der Waals surface area contributed by atoms with Crippen molar-refractivity contribution in [1.29, 1.82) is 0 Å². The first kappa shape index (κ1) is 12.3. The summed E-state index contributed by atoms with van der Waals surface area (Å²) in [5.41, 5.74) is 0.407. The summed E-state index contributed by atoms with van der Waals surface area (Å²) in [4.78, 5) is 10.5. The highest BCUT2D eigenvalue weighted by Gasteiger charge is 2.19. The minimum Gasteiger partial charge on any atom is -0.493 e. The van der Waals surface area contributed by atoms with E-state index in [1.165, 1.54) is 14.2 Å². The summed E-state index contributed by atoms with van der Waals surface area (Å²) < 4.78 is 10.1. The quantitative estimate of drug-likeness (QED) is 0.789. The molecule has 0 bridgehead atoms. The molecule has 0 heterocycles. The lowest BCUT2D eigenvalue weighted by Crippen LogP contribution is -2.07. The van der Waals surface area contributed by atoms with Crippen LogP contribution in [0.1, 0.15) is 18.1 Å². The van der Waals surface area contributed by atoms with Crippen molar-refractivity contribution in [2.75, 3.05) is 14.2 Å². The number of ether oxygens (including phenoxy) is 2. The number of hydrogen-bond donors (Lipinski definition) is 2. The molecule has 1 aromatic carbocycles. The van der Waals surface area contributed by atoms with Crippen molar-refractivity contribution in [2.45, 2.75) is 12.5 Å². The third kappa shape index (κ3) is 2.64. The molecule has 0 spiro atoms. The van der Waals surface area contributed by atoms with E-state index in [2.05, 4.69) is 0 Å². The highest BCUT2D eigenvalue weighted by molar-refractivity contribution is 5.68. The largest absolute Gasteiger partial charge is 0.493 e. The topological polar surface area (TPSA) is 76.0 Å². The van der Waals surface area contributed by atoms with Crippen molar-refractivity contribution in [3.63, 3.8) is 0 Å². The third-order valence-corrected chi connectivity index (χ3v) is 2.16. The zero-order valence-electron chi connectivity index (χ0n) is 9.14. The van der Waals surface area contributed by atoms with Crippen molar-refractivity contribution in [2.24, 2.45) is 0 Å². The first-order valence-electron chi connectivity index (χ1n) is 4.71. The van der Waals surface area contributed by atoms with Crippen LogP contribution >= 0.6 is 0 Å². The zero-order valence-corrected chi connectivity index (χ0v) is 9.14. The van der Waals surface area contributed by atoms with Crippen molar-refractivity contribution < 1.29 is 24.5 Å². The molecular weight excluding hydrogens is 212 g/mol. The number of para-hydroxylation sites is 1. The van der Waals surface area contributed by atoms with E-state index in [-0.39, 0.29) is 6.42 Å². The van der Waals surface area contributed by atoms with Gasteiger partial charge in [-0.2, -0.15) is 0 Å². The Bertz CT molecular complexity index is 375. The molecule has 0 unspecified atom stereocenters. The van der Waals surface area contributed by atoms with Crippen molar-refractivity contribution in [3.8, 4) is 11.5 Å². The number of carboxylic acids is 1. The summed E-state index contributed by atoms with van der Waals surface area (Å²) in [6.07, 6.45) is -1.48. The van der Waals surface area contributed by atoms with Gasteiger partial charge in [-0.1, -0.05) is 12.1 Å².